The molecule has 0 unspecified atom stereocenters. The Hall–Kier alpha value is -1.28. The molecule has 1 aromatic carbocycles. The predicted octanol–water partition coefficient (Wildman–Crippen LogP) is 1.46. The van der Waals surface area contributed by atoms with Gasteiger partial charge in [0.25, 0.3) is 0 Å². The molecule has 20 heavy (non-hydrogen) atoms. The van der Waals surface area contributed by atoms with Crippen LogP contribution in [0.4, 0.5) is 0 Å². The minimum Gasteiger partial charge on any atom is -0.392 e. The van der Waals surface area contributed by atoms with Crippen molar-refractivity contribution in [1.29, 1.82) is 0 Å². The van der Waals surface area contributed by atoms with Crippen LogP contribution in [0.3, 0.4) is 0 Å². The molecule has 2 rings (SSSR count). The van der Waals surface area contributed by atoms with E-state index < -0.39 is 10.0 Å². The topological polar surface area (TPSA) is 79.3 Å². The van der Waals surface area contributed by atoms with Gasteiger partial charge in [-0.3, -0.25) is 0 Å². The lowest BCUT2D eigenvalue weighted by atomic mass is 10.1. The number of nitrogens with zero attached hydrogens (tertiary/aromatic N) is 1. The first-order chi connectivity index (χ1) is 9.54. The zero-order valence-electron chi connectivity index (χ0n) is 11.0. The van der Waals surface area contributed by atoms with Gasteiger partial charge in [-0.05, 0) is 24.1 Å². The van der Waals surface area contributed by atoms with Crippen LogP contribution in [0.2, 0.25) is 0 Å². The summed E-state index contributed by atoms with van der Waals surface area (Å²) in [6.07, 6.45) is 0.557. The smallest absolute Gasteiger partial charge is 0.240 e. The normalized spacial score (nSPS) is 11.7. The molecule has 0 aliphatic rings. The van der Waals surface area contributed by atoms with Crippen molar-refractivity contribution in [3.05, 3.63) is 45.9 Å². The fourth-order valence-electron chi connectivity index (χ4n) is 1.87. The molecule has 0 saturated carbocycles. The summed E-state index contributed by atoms with van der Waals surface area (Å²) in [5.74, 6) is 0. The van der Waals surface area contributed by atoms with Crippen molar-refractivity contribution in [2.75, 3.05) is 6.54 Å². The summed E-state index contributed by atoms with van der Waals surface area (Å²) in [6, 6.07) is 4.89. The Morgan fingerprint density at radius 2 is 2.20 bits per heavy atom. The van der Waals surface area contributed by atoms with Gasteiger partial charge >= 0.3 is 0 Å². The predicted molar refractivity (Wildman–Crippen MR) is 78.1 cm³/mol. The molecule has 0 saturated heterocycles. The highest BCUT2D eigenvalue weighted by atomic mass is 32.2. The monoisotopic (exact) mass is 312 g/mol. The van der Waals surface area contributed by atoms with E-state index in [1.807, 2.05) is 5.38 Å². The second-order valence-corrected chi connectivity index (χ2v) is 6.78. The molecule has 2 N–H and O–H groups in total. The number of thiazole rings is 1. The van der Waals surface area contributed by atoms with E-state index in [0.29, 0.717) is 24.1 Å². The minimum absolute atomic E-state index is 0.173. The summed E-state index contributed by atoms with van der Waals surface area (Å²) >= 11 is 1.49. The van der Waals surface area contributed by atoms with Crippen molar-refractivity contribution in [3.8, 4) is 0 Å². The lowest BCUT2D eigenvalue weighted by Gasteiger charge is -2.11. The molecule has 0 atom stereocenters. The van der Waals surface area contributed by atoms with Gasteiger partial charge in [0.05, 0.1) is 22.7 Å². The maximum Gasteiger partial charge on any atom is 0.240 e. The summed E-state index contributed by atoms with van der Waals surface area (Å²) in [5.41, 5.74) is 3.79. The maximum absolute atomic E-state index is 12.2. The third-order valence-corrected chi connectivity index (χ3v) is 5.25. The Kier molecular flexibility index (Phi) is 4.87. The van der Waals surface area contributed by atoms with Crippen molar-refractivity contribution < 1.29 is 13.5 Å². The van der Waals surface area contributed by atoms with Gasteiger partial charge in [-0.2, -0.15) is 0 Å². The number of aliphatic hydroxyl groups is 1. The van der Waals surface area contributed by atoms with E-state index in [2.05, 4.69) is 9.71 Å². The number of aliphatic hydroxyl groups excluding tert-OH is 1. The van der Waals surface area contributed by atoms with E-state index in [4.69, 9.17) is 0 Å². The van der Waals surface area contributed by atoms with Crippen LogP contribution in [0.25, 0.3) is 0 Å². The van der Waals surface area contributed by atoms with Gasteiger partial charge in [-0.15, -0.1) is 11.3 Å². The fraction of sp³-hybridized carbons (Fsp3) is 0.308. The molecule has 0 fully saturated rings. The van der Waals surface area contributed by atoms with E-state index in [1.54, 1.807) is 30.6 Å². The third kappa shape index (κ3) is 3.43. The van der Waals surface area contributed by atoms with Crippen LogP contribution in [0.15, 0.2) is 34.0 Å². The van der Waals surface area contributed by atoms with Gasteiger partial charge in [-0.1, -0.05) is 12.1 Å². The summed E-state index contributed by atoms with van der Waals surface area (Å²) in [6.45, 7) is 1.82. The summed E-state index contributed by atoms with van der Waals surface area (Å²) in [7, 11) is -3.56. The molecule has 1 heterocycles. The molecule has 0 radical (unpaired) electrons. The Labute approximate surface area is 122 Å². The largest absolute Gasteiger partial charge is 0.392 e. The highest BCUT2D eigenvalue weighted by Gasteiger charge is 2.17. The first kappa shape index (κ1) is 15.1. The summed E-state index contributed by atoms with van der Waals surface area (Å²) < 4.78 is 27.0. The second-order valence-electron chi connectivity index (χ2n) is 4.33. The number of aromatic nitrogens is 1. The molecule has 7 heteroatoms. The van der Waals surface area contributed by atoms with Crippen LogP contribution in [0, 0.1) is 6.92 Å². The minimum atomic E-state index is -3.56. The van der Waals surface area contributed by atoms with Crippen LogP contribution in [-0.4, -0.2) is 25.1 Å². The number of nitrogens with one attached hydrogen (secondary N) is 1. The van der Waals surface area contributed by atoms with E-state index >= 15 is 0 Å². The van der Waals surface area contributed by atoms with Crippen LogP contribution in [-0.2, 0) is 23.1 Å². The number of hydrogen-bond acceptors (Lipinski definition) is 5. The zero-order valence-corrected chi connectivity index (χ0v) is 12.7. The lowest BCUT2D eigenvalue weighted by Crippen LogP contribution is -2.27. The standard InChI is InChI=1S/C13H16N2O3S2/c1-10-11(7-16)3-2-4-13(10)20(17,18)15-6-5-12-8-19-9-14-12/h2-4,8-9,15-16H,5-7H2,1H3. The Morgan fingerprint density at radius 1 is 1.40 bits per heavy atom. The van der Waals surface area contributed by atoms with Crippen molar-refractivity contribution in [3.63, 3.8) is 0 Å². The average Bonchev–Trinajstić information content (AvgIpc) is 2.91. The molecular weight excluding hydrogens is 296 g/mol. The van der Waals surface area contributed by atoms with E-state index in [-0.39, 0.29) is 11.5 Å². The van der Waals surface area contributed by atoms with E-state index in [1.165, 1.54) is 11.3 Å². The van der Waals surface area contributed by atoms with Gasteiger partial charge in [0, 0.05) is 18.3 Å². The van der Waals surface area contributed by atoms with Crippen LogP contribution < -0.4 is 4.72 Å². The van der Waals surface area contributed by atoms with Gasteiger partial charge in [0.15, 0.2) is 0 Å². The Balaban J connectivity index is 2.10. The number of hydrogen-bond donors (Lipinski definition) is 2. The molecular formula is C13H16N2O3S2. The summed E-state index contributed by atoms with van der Waals surface area (Å²) in [4.78, 5) is 4.31. The Bertz CT molecular complexity index is 667. The van der Waals surface area contributed by atoms with Crippen molar-refractivity contribution in [2.24, 2.45) is 0 Å². The van der Waals surface area contributed by atoms with Crippen molar-refractivity contribution >= 4 is 21.4 Å². The first-order valence-electron chi connectivity index (χ1n) is 6.10. The highest BCUT2D eigenvalue weighted by molar-refractivity contribution is 7.89. The second kappa shape index (κ2) is 6.45. The van der Waals surface area contributed by atoms with Gasteiger partial charge in [0.2, 0.25) is 10.0 Å². The molecule has 108 valence electrons. The van der Waals surface area contributed by atoms with E-state index in [0.717, 1.165) is 5.69 Å². The molecule has 5 nitrogen and oxygen atoms in total. The maximum atomic E-state index is 12.2. The molecule has 2 aromatic rings. The lowest BCUT2D eigenvalue weighted by molar-refractivity contribution is 0.280. The van der Waals surface area contributed by atoms with Crippen molar-refractivity contribution in [1.82, 2.24) is 9.71 Å². The quantitative estimate of drug-likeness (QED) is 0.846. The SMILES string of the molecule is Cc1c(CO)cccc1S(=O)(=O)NCCc1cscn1. The third-order valence-electron chi connectivity index (χ3n) is 3.01. The van der Waals surface area contributed by atoms with Gasteiger partial charge < -0.3 is 5.11 Å². The highest BCUT2D eigenvalue weighted by Crippen LogP contribution is 2.18. The van der Waals surface area contributed by atoms with Crippen LogP contribution in [0.1, 0.15) is 16.8 Å². The molecule has 0 spiro atoms. The molecule has 0 aliphatic carbocycles. The van der Waals surface area contributed by atoms with Crippen LogP contribution in [0.5, 0.6) is 0 Å². The summed E-state index contributed by atoms with van der Waals surface area (Å²) in [5, 5.41) is 11.1. The zero-order chi connectivity index (χ0) is 14.6. The molecule has 0 bridgehead atoms. The van der Waals surface area contributed by atoms with Crippen LogP contribution >= 0.6 is 11.3 Å². The number of sulfonamides is 1. The average molecular weight is 312 g/mol. The first-order valence-corrected chi connectivity index (χ1v) is 8.53. The fourth-order valence-corrected chi connectivity index (χ4v) is 3.79. The molecule has 1 aromatic heterocycles. The Morgan fingerprint density at radius 3 is 2.85 bits per heavy atom. The number of rotatable bonds is 6. The molecule has 0 aliphatic heterocycles. The van der Waals surface area contributed by atoms with E-state index in [9.17, 15) is 13.5 Å². The number of benzene rings is 1. The van der Waals surface area contributed by atoms with Gasteiger partial charge in [0.1, 0.15) is 0 Å². The molecule has 0 amide bonds. The van der Waals surface area contributed by atoms with Crippen molar-refractivity contribution in [2.45, 2.75) is 24.8 Å². The van der Waals surface area contributed by atoms with Gasteiger partial charge in [-0.25, -0.2) is 18.1 Å².